The van der Waals surface area contributed by atoms with E-state index in [0.717, 1.165) is 36.7 Å². The SMILES string of the molecule is COc1ccc(B(O)O)cc1CN1CCSC(C)C1. The Bertz CT molecular complexity index is 430. The highest BCUT2D eigenvalue weighted by Gasteiger charge is 2.19. The minimum atomic E-state index is -1.43. The zero-order valence-electron chi connectivity index (χ0n) is 11.4. The van der Waals surface area contributed by atoms with Crippen molar-refractivity contribution in [3.05, 3.63) is 23.8 Å². The van der Waals surface area contributed by atoms with Crippen molar-refractivity contribution in [1.82, 2.24) is 4.90 Å². The van der Waals surface area contributed by atoms with Gasteiger partial charge in [0.15, 0.2) is 0 Å². The Hall–Kier alpha value is -0.685. The molecule has 1 atom stereocenters. The normalized spacial score (nSPS) is 20.3. The van der Waals surface area contributed by atoms with E-state index in [9.17, 15) is 10.0 Å². The lowest BCUT2D eigenvalue weighted by Crippen LogP contribution is -2.37. The molecule has 1 aromatic carbocycles. The highest BCUT2D eigenvalue weighted by Crippen LogP contribution is 2.23. The van der Waals surface area contributed by atoms with Crippen molar-refractivity contribution in [1.29, 1.82) is 0 Å². The summed E-state index contributed by atoms with van der Waals surface area (Å²) in [6, 6.07) is 5.30. The second-order valence-electron chi connectivity index (χ2n) is 4.86. The van der Waals surface area contributed by atoms with Crippen molar-refractivity contribution in [2.45, 2.75) is 18.7 Å². The van der Waals surface area contributed by atoms with E-state index in [4.69, 9.17) is 4.74 Å². The van der Waals surface area contributed by atoms with Crippen LogP contribution >= 0.6 is 11.8 Å². The molecule has 2 rings (SSSR count). The van der Waals surface area contributed by atoms with Gasteiger partial charge in [0.1, 0.15) is 5.75 Å². The molecule has 1 fully saturated rings. The molecule has 0 bridgehead atoms. The van der Waals surface area contributed by atoms with Gasteiger partial charge in [0.25, 0.3) is 0 Å². The lowest BCUT2D eigenvalue weighted by atomic mass is 9.79. The van der Waals surface area contributed by atoms with Crippen LogP contribution in [0.1, 0.15) is 12.5 Å². The fourth-order valence-electron chi connectivity index (χ4n) is 2.36. The van der Waals surface area contributed by atoms with Crippen LogP contribution in [0.15, 0.2) is 18.2 Å². The first-order chi connectivity index (χ1) is 9.10. The van der Waals surface area contributed by atoms with Gasteiger partial charge in [-0.25, -0.2) is 0 Å². The number of hydrogen-bond acceptors (Lipinski definition) is 5. The van der Waals surface area contributed by atoms with E-state index in [1.165, 1.54) is 0 Å². The molecule has 1 aliphatic heterocycles. The summed E-state index contributed by atoms with van der Waals surface area (Å²) in [5.41, 5.74) is 1.52. The van der Waals surface area contributed by atoms with Crippen LogP contribution in [0.4, 0.5) is 0 Å². The van der Waals surface area contributed by atoms with Gasteiger partial charge in [-0.3, -0.25) is 4.90 Å². The topological polar surface area (TPSA) is 52.9 Å². The largest absolute Gasteiger partial charge is 0.496 e. The van der Waals surface area contributed by atoms with Gasteiger partial charge in [0.2, 0.25) is 0 Å². The average Bonchev–Trinajstić information content (AvgIpc) is 2.38. The third kappa shape index (κ3) is 3.89. The lowest BCUT2D eigenvalue weighted by Gasteiger charge is -2.31. The van der Waals surface area contributed by atoms with Gasteiger partial charge in [-0.2, -0.15) is 11.8 Å². The van der Waals surface area contributed by atoms with Crippen LogP contribution in [0.2, 0.25) is 0 Å². The van der Waals surface area contributed by atoms with Crippen LogP contribution in [0.25, 0.3) is 0 Å². The van der Waals surface area contributed by atoms with Crippen LogP contribution < -0.4 is 10.2 Å². The number of hydrogen-bond donors (Lipinski definition) is 2. The molecule has 0 radical (unpaired) electrons. The Morgan fingerprint density at radius 3 is 2.89 bits per heavy atom. The van der Waals surface area contributed by atoms with E-state index in [1.807, 2.05) is 17.8 Å². The number of ether oxygens (including phenoxy) is 1. The highest BCUT2D eigenvalue weighted by atomic mass is 32.2. The predicted molar refractivity (Wildman–Crippen MR) is 80.0 cm³/mol. The van der Waals surface area contributed by atoms with Crippen molar-refractivity contribution < 1.29 is 14.8 Å². The second-order valence-corrected chi connectivity index (χ2v) is 6.41. The minimum absolute atomic E-state index is 0.509. The van der Waals surface area contributed by atoms with Gasteiger partial charge in [-0.05, 0) is 11.5 Å². The van der Waals surface area contributed by atoms with E-state index in [-0.39, 0.29) is 0 Å². The van der Waals surface area contributed by atoms with Gasteiger partial charge in [-0.15, -0.1) is 0 Å². The molecule has 0 saturated carbocycles. The Balaban J connectivity index is 2.14. The summed E-state index contributed by atoms with van der Waals surface area (Å²) in [5.74, 6) is 1.95. The van der Waals surface area contributed by atoms with E-state index in [0.29, 0.717) is 10.7 Å². The number of thioether (sulfide) groups is 1. The van der Waals surface area contributed by atoms with Crippen LogP contribution in [-0.4, -0.2) is 53.3 Å². The molecule has 0 aliphatic carbocycles. The van der Waals surface area contributed by atoms with Crippen molar-refractivity contribution >= 4 is 24.3 Å². The van der Waals surface area contributed by atoms with E-state index >= 15 is 0 Å². The third-order valence-corrected chi connectivity index (χ3v) is 4.46. The smallest absolute Gasteiger partial charge is 0.488 e. The Kier molecular flexibility index (Phi) is 5.16. The molecule has 1 heterocycles. The summed E-state index contributed by atoms with van der Waals surface area (Å²) >= 11 is 2.00. The van der Waals surface area contributed by atoms with Crippen LogP contribution in [0.5, 0.6) is 5.75 Å². The summed E-state index contributed by atoms with van der Waals surface area (Å²) in [6.07, 6.45) is 0. The van der Waals surface area contributed by atoms with Crippen LogP contribution in [-0.2, 0) is 6.54 Å². The van der Waals surface area contributed by atoms with Crippen molar-refractivity contribution in [2.24, 2.45) is 0 Å². The molecule has 1 aliphatic rings. The Labute approximate surface area is 118 Å². The molecule has 104 valence electrons. The number of methoxy groups -OCH3 is 1. The minimum Gasteiger partial charge on any atom is -0.496 e. The van der Waals surface area contributed by atoms with Gasteiger partial charge >= 0.3 is 7.12 Å². The molecule has 4 nitrogen and oxygen atoms in total. The molecule has 1 unspecified atom stereocenters. The van der Waals surface area contributed by atoms with Gasteiger partial charge < -0.3 is 14.8 Å². The Morgan fingerprint density at radius 2 is 2.26 bits per heavy atom. The van der Waals surface area contributed by atoms with E-state index in [1.54, 1.807) is 19.2 Å². The number of rotatable bonds is 4. The fourth-order valence-corrected chi connectivity index (χ4v) is 3.44. The van der Waals surface area contributed by atoms with Crippen molar-refractivity contribution in [3.63, 3.8) is 0 Å². The zero-order chi connectivity index (χ0) is 13.8. The summed E-state index contributed by atoms with van der Waals surface area (Å²) in [5, 5.41) is 19.2. The zero-order valence-corrected chi connectivity index (χ0v) is 12.2. The van der Waals surface area contributed by atoms with E-state index < -0.39 is 7.12 Å². The fraction of sp³-hybridized carbons (Fsp3) is 0.538. The standard InChI is InChI=1S/C13H20BNO3S/c1-10-8-15(5-6-19-10)9-11-7-12(14(16)17)3-4-13(11)18-2/h3-4,7,10,16-17H,5-6,8-9H2,1-2H3. The van der Waals surface area contributed by atoms with Crippen molar-refractivity contribution in [2.75, 3.05) is 26.0 Å². The maximum Gasteiger partial charge on any atom is 0.488 e. The monoisotopic (exact) mass is 281 g/mol. The molecule has 1 aromatic rings. The maximum absolute atomic E-state index is 9.26. The van der Waals surface area contributed by atoms with Gasteiger partial charge in [-0.1, -0.05) is 19.1 Å². The molecular formula is C13H20BNO3S. The molecule has 0 aromatic heterocycles. The summed E-state index contributed by atoms with van der Waals surface area (Å²) in [7, 11) is 0.211. The molecule has 0 amide bonds. The first-order valence-corrected chi connectivity index (χ1v) is 7.52. The third-order valence-electron chi connectivity index (χ3n) is 3.32. The molecule has 6 heteroatoms. The molecular weight excluding hydrogens is 261 g/mol. The lowest BCUT2D eigenvalue weighted by molar-refractivity contribution is 0.273. The molecule has 2 N–H and O–H groups in total. The van der Waals surface area contributed by atoms with E-state index in [2.05, 4.69) is 11.8 Å². The second kappa shape index (κ2) is 6.66. The maximum atomic E-state index is 9.26. The molecule has 19 heavy (non-hydrogen) atoms. The molecule has 1 saturated heterocycles. The quantitative estimate of drug-likeness (QED) is 0.778. The first kappa shape index (κ1) is 14.7. The summed E-state index contributed by atoms with van der Waals surface area (Å²) in [4.78, 5) is 2.38. The van der Waals surface area contributed by atoms with Crippen LogP contribution in [0.3, 0.4) is 0 Å². The average molecular weight is 281 g/mol. The summed E-state index contributed by atoms with van der Waals surface area (Å²) in [6.45, 7) is 5.14. The molecule has 0 spiro atoms. The number of nitrogens with zero attached hydrogens (tertiary/aromatic N) is 1. The Morgan fingerprint density at radius 1 is 1.47 bits per heavy atom. The highest BCUT2D eigenvalue weighted by molar-refractivity contribution is 7.99. The van der Waals surface area contributed by atoms with Crippen LogP contribution in [0, 0.1) is 0 Å². The predicted octanol–water partition coefficient (Wildman–Crippen LogP) is 0.312. The summed E-state index contributed by atoms with van der Waals surface area (Å²) < 4.78 is 5.35. The number of benzene rings is 1. The van der Waals surface area contributed by atoms with Crippen molar-refractivity contribution in [3.8, 4) is 5.75 Å². The van der Waals surface area contributed by atoms with Gasteiger partial charge in [0, 0.05) is 36.2 Å². The van der Waals surface area contributed by atoms with Gasteiger partial charge in [0.05, 0.1) is 7.11 Å². The first-order valence-electron chi connectivity index (χ1n) is 6.47.